The largest absolute Gasteiger partial charge is 0.495 e. The number of nitrogens with zero attached hydrogens (tertiary/aromatic N) is 1. The van der Waals surface area contributed by atoms with E-state index in [1.54, 1.807) is 12.1 Å². The Labute approximate surface area is 208 Å². The van der Waals surface area contributed by atoms with Gasteiger partial charge in [-0.05, 0) is 55.5 Å². The summed E-state index contributed by atoms with van der Waals surface area (Å²) in [7, 11) is -1.41. The highest BCUT2D eigenvalue weighted by Crippen LogP contribution is 2.36. The van der Waals surface area contributed by atoms with Crippen LogP contribution < -0.4 is 23.8 Å². The van der Waals surface area contributed by atoms with Crippen LogP contribution in [0.25, 0.3) is 0 Å². The van der Waals surface area contributed by atoms with Crippen molar-refractivity contribution in [3.63, 3.8) is 0 Å². The first kappa shape index (κ1) is 26.1. The summed E-state index contributed by atoms with van der Waals surface area (Å²) in [5.41, 5.74) is 0.457. The fourth-order valence-corrected chi connectivity index (χ4v) is 4.85. The minimum absolute atomic E-state index is 0.175. The number of benzene rings is 3. The van der Waals surface area contributed by atoms with Gasteiger partial charge in [0.25, 0.3) is 10.0 Å². The maximum atomic E-state index is 13.4. The molecule has 1 amide bonds. The SMILES string of the molecule is CCOc1ccc(N(CC(=O)Nc2cc(OC)c(Cl)cc2OC)S(=O)(=O)c2ccc(F)cc2)cc1. The summed E-state index contributed by atoms with van der Waals surface area (Å²) in [6.07, 6.45) is 0. The van der Waals surface area contributed by atoms with Gasteiger partial charge in [0.15, 0.2) is 0 Å². The summed E-state index contributed by atoms with van der Waals surface area (Å²) in [6.45, 7) is 1.68. The van der Waals surface area contributed by atoms with Crippen molar-refractivity contribution in [1.29, 1.82) is 0 Å². The molecule has 0 atom stereocenters. The van der Waals surface area contributed by atoms with Gasteiger partial charge in [0.1, 0.15) is 29.6 Å². The van der Waals surface area contributed by atoms with Gasteiger partial charge in [0.2, 0.25) is 5.91 Å². The number of halogens is 2. The predicted octanol–water partition coefficient (Wildman–Crippen LogP) is 4.73. The van der Waals surface area contributed by atoms with Crippen molar-refractivity contribution in [3.05, 3.63) is 71.5 Å². The molecule has 35 heavy (non-hydrogen) atoms. The van der Waals surface area contributed by atoms with Crippen molar-refractivity contribution in [3.8, 4) is 17.2 Å². The molecule has 0 saturated heterocycles. The molecule has 0 heterocycles. The van der Waals surface area contributed by atoms with Crippen LogP contribution in [0.5, 0.6) is 17.2 Å². The number of anilines is 2. The minimum Gasteiger partial charge on any atom is -0.495 e. The van der Waals surface area contributed by atoms with E-state index in [9.17, 15) is 17.6 Å². The van der Waals surface area contributed by atoms with Gasteiger partial charge in [0, 0.05) is 12.1 Å². The van der Waals surface area contributed by atoms with Gasteiger partial charge >= 0.3 is 0 Å². The average Bonchev–Trinajstić information content (AvgIpc) is 2.84. The fourth-order valence-electron chi connectivity index (χ4n) is 3.20. The molecule has 3 aromatic carbocycles. The number of hydrogen-bond donors (Lipinski definition) is 1. The minimum atomic E-state index is -4.23. The number of rotatable bonds is 10. The van der Waals surface area contributed by atoms with Crippen LogP contribution in [0.3, 0.4) is 0 Å². The molecule has 1 N–H and O–H groups in total. The lowest BCUT2D eigenvalue weighted by molar-refractivity contribution is -0.114. The van der Waals surface area contributed by atoms with E-state index in [-0.39, 0.29) is 27.0 Å². The number of nitrogens with one attached hydrogen (secondary N) is 1. The van der Waals surface area contributed by atoms with E-state index in [1.165, 1.54) is 38.5 Å². The maximum Gasteiger partial charge on any atom is 0.264 e. The molecular weight excluding hydrogens is 499 g/mol. The van der Waals surface area contributed by atoms with Crippen molar-refractivity contribution in [2.75, 3.05) is 37.0 Å². The topological polar surface area (TPSA) is 94.2 Å². The molecular formula is C24H24ClFN2O6S. The van der Waals surface area contributed by atoms with E-state index in [2.05, 4.69) is 5.32 Å². The Morgan fingerprint density at radius 3 is 2.20 bits per heavy atom. The first-order valence-corrected chi connectivity index (χ1v) is 12.2. The summed E-state index contributed by atoms with van der Waals surface area (Å²) in [5, 5.41) is 2.91. The van der Waals surface area contributed by atoms with E-state index in [0.717, 1.165) is 28.6 Å². The molecule has 186 valence electrons. The van der Waals surface area contributed by atoms with E-state index >= 15 is 0 Å². The van der Waals surface area contributed by atoms with Crippen molar-refractivity contribution in [2.45, 2.75) is 11.8 Å². The number of methoxy groups -OCH3 is 2. The van der Waals surface area contributed by atoms with Crippen LogP contribution in [0.4, 0.5) is 15.8 Å². The smallest absolute Gasteiger partial charge is 0.264 e. The van der Waals surface area contributed by atoms with Gasteiger partial charge in [-0.3, -0.25) is 9.10 Å². The molecule has 0 aliphatic heterocycles. The van der Waals surface area contributed by atoms with Gasteiger partial charge in [-0.25, -0.2) is 12.8 Å². The molecule has 0 saturated carbocycles. The van der Waals surface area contributed by atoms with Crippen LogP contribution in [0, 0.1) is 5.82 Å². The summed E-state index contributed by atoms with van der Waals surface area (Å²) >= 11 is 6.11. The van der Waals surface area contributed by atoms with Crippen LogP contribution in [0.2, 0.25) is 5.02 Å². The third kappa shape index (κ3) is 6.14. The second-order valence-corrected chi connectivity index (χ2v) is 9.40. The Hall–Kier alpha value is -3.50. The van der Waals surface area contributed by atoms with Crippen LogP contribution in [-0.4, -0.2) is 41.7 Å². The highest BCUT2D eigenvalue weighted by atomic mass is 35.5. The van der Waals surface area contributed by atoms with Gasteiger partial charge in [-0.1, -0.05) is 11.6 Å². The lowest BCUT2D eigenvalue weighted by Crippen LogP contribution is -2.38. The first-order valence-electron chi connectivity index (χ1n) is 10.4. The Balaban J connectivity index is 1.97. The van der Waals surface area contributed by atoms with Crippen molar-refractivity contribution < 1.29 is 31.8 Å². The summed E-state index contributed by atoms with van der Waals surface area (Å²) < 4.78 is 57.1. The van der Waals surface area contributed by atoms with Crippen LogP contribution in [-0.2, 0) is 14.8 Å². The van der Waals surface area contributed by atoms with Gasteiger partial charge in [-0.2, -0.15) is 0 Å². The highest BCUT2D eigenvalue weighted by Gasteiger charge is 2.28. The number of hydrogen-bond acceptors (Lipinski definition) is 6. The highest BCUT2D eigenvalue weighted by molar-refractivity contribution is 7.92. The molecule has 0 fully saturated rings. The normalized spacial score (nSPS) is 11.0. The third-order valence-electron chi connectivity index (χ3n) is 4.87. The summed E-state index contributed by atoms with van der Waals surface area (Å²) in [5.74, 6) is -0.147. The lowest BCUT2D eigenvalue weighted by Gasteiger charge is -2.24. The molecule has 3 aromatic rings. The Morgan fingerprint density at radius 1 is 1.00 bits per heavy atom. The zero-order valence-corrected chi connectivity index (χ0v) is 20.8. The standard InChI is InChI=1S/C24H24ClFN2O6S/c1-4-34-18-9-7-17(8-10-18)28(35(30,31)19-11-5-16(26)6-12-19)15-24(29)27-21-14-22(32-2)20(25)13-23(21)33-3/h5-14H,4,15H2,1-3H3,(H,27,29). The van der Waals surface area contributed by atoms with Gasteiger partial charge in [-0.15, -0.1) is 0 Å². The Morgan fingerprint density at radius 2 is 1.63 bits per heavy atom. The van der Waals surface area contributed by atoms with Crippen molar-refractivity contribution >= 4 is 38.9 Å². The van der Waals surface area contributed by atoms with E-state index in [4.69, 9.17) is 25.8 Å². The molecule has 3 rings (SSSR count). The van der Waals surface area contributed by atoms with Gasteiger partial charge in [0.05, 0.1) is 42.1 Å². The molecule has 0 aliphatic rings. The predicted molar refractivity (Wildman–Crippen MR) is 132 cm³/mol. The quantitative estimate of drug-likeness (QED) is 0.414. The Bertz CT molecular complexity index is 1280. The molecule has 0 unspecified atom stereocenters. The number of amides is 1. The molecule has 11 heteroatoms. The average molecular weight is 523 g/mol. The second kappa shape index (κ2) is 11.3. The zero-order chi connectivity index (χ0) is 25.6. The summed E-state index contributed by atoms with van der Waals surface area (Å²) in [4.78, 5) is 12.8. The fraction of sp³-hybridized carbons (Fsp3) is 0.208. The monoisotopic (exact) mass is 522 g/mol. The lowest BCUT2D eigenvalue weighted by atomic mass is 10.2. The molecule has 8 nitrogen and oxygen atoms in total. The molecule has 0 radical (unpaired) electrons. The first-order chi connectivity index (χ1) is 16.7. The third-order valence-corrected chi connectivity index (χ3v) is 6.96. The number of carbonyl (C=O) groups is 1. The van der Waals surface area contributed by atoms with E-state index in [1.807, 2.05) is 6.92 Å². The zero-order valence-electron chi connectivity index (χ0n) is 19.2. The van der Waals surface area contributed by atoms with Gasteiger partial charge < -0.3 is 19.5 Å². The van der Waals surface area contributed by atoms with Crippen LogP contribution >= 0.6 is 11.6 Å². The Kier molecular flexibility index (Phi) is 8.42. The molecule has 0 spiro atoms. The van der Waals surface area contributed by atoms with Crippen molar-refractivity contribution in [2.24, 2.45) is 0 Å². The van der Waals surface area contributed by atoms with E-state index < -0.39 is 28.3 Å². The molecule has 0 bridgehead atoms. The number of sulfonamides is 1. The summed E-state index contributed by atoms with van der Waals surface area (Å²) in [6, 6.07) is 13.5. The number of carbonyl (C=O) groups excluding carboxylic acids is 1. The van der Waals surface area contributed by atoms with Crippen molar-refractivity contribution in [1.82, 2.24) is 0 Å². The van der Waals surface area contributed by atoms with Crippen LogP contribution in [0.1, 0.15) is 6.92 Å². The molecule has 0 aliphatic carbocycles. The number of ether oxygens (including phenoxy) is 3. The second-order valence-electron chi connectivity index (χ2n) is 7.13. The van der Waals surface area contributed by atoms with E-state index in [0.29, 0.717) is 18.1 Å². The molecule has 0 aromatic heterocycles. The van der Waals surface area contributed by atoms with Crippen LogP contribution in [0.15, 0.2) is 65.6 Å². The maximum absolute atomic E-state index is 13.4.